The number of aliphatic hydroxyl groups is 1. The lowest BCUT2D eigenvalue weighted by molar-refractivity contribution is -0.274. The van der Waals surface area contributed by atoms with Gasteiger partial charge in [0.1, 0.15) is 23.0 Å². The van der Waals surface area contributed by atoms with Gasteiger partial charge in [0.05, 0.1) is 12.3 Å². The minimum Gasteiger partial charge on any atom is -0.457 e. The molecule has 2 heterocycles. The number of hydrogen-bond donors (Lipinski definition) is 2. The van der Waals surface area contributed by atoms with E-state index in [-0.39, 0.29) is 24.0 Å². The lowest BCUT2D eigenvalue weighted by Crippen LogP contribution is -2.21. The number of nitrogens with one attached hydrogen (secondary N) is 1. The summed E-state index contributed by atoms with van der Waals surface area (Å²) in [5.41, 5.74) is 2.39. The van der Waals surface area contributed by atoms with Gasteiger partial charge >= 0.3 is 6.36 Å². The summed E-state index contributed by atoms with van der Waals surface area (Å²) in [5.74, 6) is 1.28. The maximum atomic E-state index is 13.0. The van der Waals surface area contributed by atoms with Crippen molar-refractivity contribution in [1.82, 2.24) is 4.98 Å². The Balaban J connectivity index is 1.67. The number of hydrogen-bond acceptors (Lipinski definition) is 5. The number of halogens is 4. The van der Waals surface area contributed by atoms with Crippen molar-refractivity contribution in [2.45, 2.75) is 39.2 Å². The average Bonchev–Trinajstić information content (AvgIpc) is 2.98. The number of amidine groups is 1. The van der Waals surface area contributed by atoms with E-state index in [0.717, 1.165) is 30.5 Å². The highest BCUT2D eigenvalue weighted by molar-refractivity contribution is 9.10. The standard InChI is InChI=1S/C25H23BrF3N3O3/c1-2-15-3-4-16-5-7-19(34-20-9-10-30-18(12-20)14-33)13-22(16)32-24(15)31-21-8-6-17(26)11-23(21)35-25(27,28)29/h5-13,15,33H,2-4,14H2,1H3,(H,31,32). The van der Waals surface area contributed by atoms with Crippen LogP contribution >= 0.6 is 15.9 Å². The zero-order valence-electron chi connectivity index (χ0n) is 18.8. The molecule has 2 N–H and O–H groups in total. The molecule has 10 heteroatoms. The molecule has 0 fully saturated rings. The summed E-state index contributed by atoms with van der Waals surface area (Å²) in [6, 6.07) is 13.3. The second-order valence-electron chi connectivity index (χ2n) is 7.99. The second-order valence-corrected chi connectivity index (χ2v) is 8.90. The number of aliphatic imine (C=N–C) groups is 1. The molecule has 1 atom stereocenters. The zero-order chi connectivity index (χ0) is 25.0. The molecule has 2 aromatic carbocycles. The van der Waals surface area contributed by atoms with Crippen molar-refractivity contribution < 1.29 is 27.8 Å². The van der Waals surface area contributed by atoms with Crippen molar-refractivity contribution >= 4 is 33.1 Å². The highest BCUT2D eigenvalue weighted by Crippen LogP contribution is 2.37. The first-order valence-corrected chi connectivity index (χ1v) is 11.8. The first-order chi connectivity index (χ1) is 16.7. The number of benzene rings is 2. The fraction of sp³-hybridized carbons (Fsp3) is 0.280. The minimum atomic E-state index is -4.83. The fourth-order valence-corrected chi connectivity index (χ4v) is 4.18. The summed E-state index contributed by atoms with van der Waals surface area (Å²) < 4.78 is 49.5. The van der Waals surface area contributed by atoms with Gasteiger partial charge in [0.15, 0.2) is 5.75 Å². The molecule has 3 aromatic rings. The Morgan fingerprint density at radius 2 is 1.94 bits per heavy atom. The topological polar surface area (TPSA) is 76.0 Å². The molecular weight excluding hydrogens is 527 g/mol. The molecule has 0 radical (unpaired) electrons. The van der Waals surface area contributed by atoms with E-state index in [1.54, 1.807) is 24.4 Å². The second kappa shape index (κ2) is 10.7. The van der Waals surface area contributed by atoms with Crippen molar-refractivity contribution in [2.24, 2.45) is 10.9 Å². The number of aryl methyl sites for hydroxylation is 1. The molecule has 0 amide bonds. The van der Waals surface area contributed by atoms with E-state index in [4.69, 9.17) is 4.74 Å². The van der Waals surface area contributed by atoms with Crippen LogP contribution in [-0.2, 0) is 13.0 Å². The smallest absolute Gasteiger partial charge is 0.457 e. The molecular formula is C25H23BrF3N3O3. The van der Waals surface area contributed by atoms with Gasteiger partial charge in [-0.2, -0.15) is 0 Å². The van der Waals surface area contributed by atoms with Crippen LogP contribution in [0.3, 0.4) is 0 Å². The number of rotatable bonds is 6. The lowest BCUT2D eigenvalue weighted by atomic mass is 9.97. The molecule has 0 saturated carbocycles. The maximum absolute atomic E-state index is 13.0. The Bertz CT molecular complexity index is 1230. The van der Waals surface area contributed by atoms with E-state index in [0.29, 0.717) is 27.5 Å². The summed E-state index contributed by atoms with van der Waals surface area (Å²) in [6.45, 7) is 1.82. The monoisotopic (exact) mass is 549 g/mol. The van der Waals surface area contributed by atoms with Crippen LogP contribution in [0.5, 0.6) is 17.2 Å². The molecule has 0 aliphatic carbocycles. The quantitative estimate of drug-likeness (QED) is 0.341. The van der Waals surface area contributed by atoms with Crippen molar-refractivity contribution in [3.05, 3.63) is 70.5 Å². The molecule has 0 spiro atoms. The van der Waals surface area contributed by atoms with Gasteiger partial charge in [-0.25, -0.2) is 4.99 Å². The normalized spacial score (nSPS) is 16.9. The summed E-state index contributed by atoms with van der Waals surface area (Å²) >= 11 is 3.19. The van der Waals surface area contributed by atoms with Crippen LogP contribution in [0.4, 0.5) is 24.5 Å². The van der Waals surface area contributed by atoms with Gasteiger partial charge in [-0.1, -0.05) is 28.9 Å². The molecule has 1 aliphatic heterocycles. The van der Waals surface area contributed by atoms with Crippen LogP contribution in [0.2, 0.25) is 0 Å². The van der Waals surface area contributed by atoms with E-state index < -0.39 is 6.36 Å². The highest BCUT2D eigenvalue weighted by Gasteiger charge is 2.32. The molecule has 184 valence electrons. The molecule has 0 bridgehead atoms. The summed E-state index contributed by atoms with van der Waals surface area (Å²) in [4.78, 5) is 8.62. The number of aromatic nitrogens is 1. The minimum absolute atomic E-state index is 0.0152. The van der Waals surface area contributed by atoms with Crippen molar-refractivity contribution in [3.8, 4) is 17.2 Å². The van der Waals surface area contributed by atoms with Crippen molar-refractivity contribution in [1.29, 1.82) is 0 Å². The van der Waals surface area contributed by atoms with Gasteiger partial charge < -0.3 is 19.9 Å². The first-order valence-electron chi connectivity index (χ1n) is 11.0. The Hall–Kier alpha value is -3.11. The van der Waals surface area contributed by atoms with Crippen LogP contribution in [-0.4, -0.2) is 22.3 Å². The van der Waals surface area contributed by atoms with Gasteiger partial charge in [-0.15, -0.1) is 13.2 Å². The third-order valence-corrected chi connectivity index (χ3v) is 6.05. The Morgan fingerprint density at radius 3 is 2.69 bits per heavy atom. The molecule has 0 saturated heterocycles. The highest BCUT2D eigenvalue weighted by atomic mass is 79.9. The average molecular weight is 550 g/mol. The number of ether oxygens (including phenoxy) is 2. The zero-order valence-corrected chi connectivity index (χ0v) is 20.4. The lowest BCUT2D eigenvalue weighted by Gasteiger charge is -2.18. The van der Waals surface area contributed by atoms with E-state index in [1.165, 1.54) is 12.1 Å². The van der Waals surface area contributed by atoms with Gasteiger partial charge in [0.25, 0.3) is 0 Å². The Kier molecular flexibility index (Phi) is 7.61. The van der Waals surface area contributed by atoms with E-state index >= 15 is 0 Å². The fourth-order valence-electron chi connectivity index (χ4n) is 3.84. The largest absolute Gasteiger partial charge is 0.573 e. The Morgan fingerprint density at radius 1 is 1.14 bits per heavy atom. The molecule has 1 unspecified atom stereocenters. The molecule has 1 aliphatic rings. The predicted molar refractivity (Wildman–Crippen MR) is 130 cm³/mol. The van der Waals surface area contributed by atoms with E-state index in [1.807, 2.05) is 25.1 Å². The van der Waals surface area contributed by atoms with Crippen LogP contribution in [0.1, 0.15) is 31.0 Å². The number of fused-ring (bicyclic) bond motifs is 1. The van der Waals surface area contributed by atoms with Gasteiger partial charge in [-0.05, 0) is 55.2 Å². The summed E-state index contributed by atoms with van der Waals surface area (Å²) in [5, 5.41) is 12.6. The molecule has 1 aromatic heterocycles. The molecule has 6 nitrogen and oxygen atoms in total. The predicted octanol–water partition coefficient (Wildman–Crippen LogP) is 7.14. The number of alkyl halides is 3. The molecule has 4 rings (SSSR count). The van der Waals surface area contributed by atoms with Crippen molar-refractivity contribution in [2.75, 3.05) is 5.32 Å². The van der Waals surface area contributed by atoms with Crippen LogP contribution in [0, 0.1) is 5.92 Å². The van der Waals surface area contributed by atoms with Gasteiger partial charge in [0.2, 0.25) is 0 Å². The number of aliphatic hydroxyl groups excluding tert-OH is 1. The SMILES string of the molecule is CCC1CCc2ccc(Oc3ccnc(CO)c3)cc2NC1=Nc1ccc(Br)cc1OC(F)(F)F. The summed E-state index contributed by atoms with van der Waals surface area (Å²) in [6.07, 6.45) is -0.964. The number of anilines is 1. The van der Waals surface area contributed by atoms with E-state index in [9.17, 15) is 18.3 Å². The van der Waals surface area contributed by atoms with Crippen LogP contribution < -0.4 is 14.8 Å². The summed E-state index contributed by atoms with van der Waals surface area (Å²) in [7, 11) is 0. The van der Waals surface area contributed by atoms with Crippen LogP contribution in [0.15, 0.2) is 64.2 Å². The maximum Gasteiger partial charge on any atom is 0.573 e. The third kappa shape index (κ3) is 6.52. The van der Waals surface area contributed by atoms with Gasteiger partial charge in [0, 0.05) is 34.4 Å². The van der Waals surface area contributed by atoms with Crippen molar-refractivity contribution in [3.63, 3.8) is 0 Å². The number of pyridine rings is 1. The Labute approximate surface area is 209 Å². The number of nitrogens with zero attached hydrogens (tertiary/aromatic N) is 2. The first kappa shape index (κ1) is 25.0. The third-order valence-electron chi connectivity index (χ3n) is 5.56. The van der Waals surface area contributed by atoms with Crippen LogP contribution in [0.25, 0.3) is 0 Å². The van der Waals surface area contributed by atoms with E-state index in [2.05, 4.69) is 36.0 Å². The van der Waals surface area contributed by atoms with Gasteiger partial charge in [-0.3, -0.25) is 4.98 Å². The molecule has 35 heavy (non-hydrogen) atoms.